The van der Waals surface area contributed by atoms with Gasteiger partial charge in [0, 0.05) is 19.2 Å². The molecule has 6 nitrogen and oxygen atoms in total. The van der Waals surface area contributed by atoms with Gasteiger partial charge in [-0.3, -0.25) is 9.69 Å². The molecule has 6 heteroatoms. The van der Waals surface area contributed by atoms with Crippen LogP contribution in [0.1, 0.15) is 30.2 Å². The van der Waals surface area contributed by atoms with Gasteiger partial charge in [-0.1, -0.05) is 35.5 Å². The second kappa shape index (κ2) is 6.93. The van der Waals surface area contributed by atoms with E-state index in [1.165, 1.54) is 0 Å². The lowest BCUT2D eigenvalue weighted by Crippen LogP contribution is -2.43. The molecule has 1 unspecified atom stereocenters. The largest absolute Gasteiger partial charge is 0.393 e. The molecular weight excluding hydrogens is 294 g/mol. The van der Waals surface area contributed by atoms with Gasteiger partial charge in [-0.25, -0.2) is 0 Å². The van der Waals surface area contributed by atoms with Crippen LogP contribution in [0.2, 0.25) is 0 Å². The zero-order chi connectivity index (χ0) is 16.2. The maximum atomic E-state index is 12.8. The van der Waals surface area contributed by atoms with Crippen LogP contribution in [0.25, 0.3) is 0 Å². The van der Waals surface area contributed by atoms with Crippen LogP contribution >= 0.6 is 0 Å². The van der Waals surface area contributed by atoms with Gasteiger partial charge in [-0.15, -0.1) is 0 Å². The van der Waals surface area contributed by atoms with E-state index < -0.39 is 6.04 Å². The van der Waals surface area contributed by atoms with Gasteiger partial charge in [0.15, 0.2) is 5.82 Å². The van der Waals surface area contributed by atoms with Crippen molar-refractivity contribution < 1.29 is 14.4 Å². The zero-order valence-electron chi connectivity index (χ0n) is 13.1. The first-order valence-electron chi connectivity index (χ1n) is 7.85. The van der Waals surface area contributed by atoms with Crippen LogP contribution in [0.4, 0.5) is 5.82 Å². The van der Waals surface area contributed by atoms with Gasteiger partial charge < -0.3 is 14.9 Å². The summed E-state index contributed by atoms with van der Waals surface area (Å²) in [6, 6.07) is 11.0. The standard InChI is InChI=1S/C17H21N3O3/c1-12-11-15(19-23-12)18-17(22)16(13-5-3-2-4-6-13)20-9-7-14(21)8-10-20/h2-6,11,14,16,21H,7-10H2,1H3,(H,18,19,22). The molecule has 3 rings (SSSR count). The lowest BCUT2D eigenvalue weighted by Gasteiger charge is -2.35. The molecule has 1 saturated heterocycles. The fourth-order valence-corrected chi connectivity index (χ4v) is 2.93. The van der Waals surface area contributed by atoms with Gasteiger partial charge in [-0.2, -0.15) is 0 Å². The number of carbonyl (C=O) groups excluding carboxylic acids is 1. The molecule has 0 spiro atoms. The highest BCUT2D eigenvalue weighted by atomic mass is 16.5. The fourth-order valence-electron chi connectivity index (χ4n) is 2.93. The van der Waals surface area contributed by atoms with E-state index in [0.29, 0.717) is 37.5 Å². The zero-order valence-corrected chi connectivity index (χ0v) is 13.1. The van der Waals surface area contributed by atoms with Crippen molar-refractivity contribution >= 4 is 11.7 Å². The van der Waals surface area contributed by atoms with Crippen molar-refractivity contribution in [2.45, 2.75) is 31.9 Å². The molecule has 2 heterocycles. The van der Waals surface area contributed by atoms with E-state index in [9.17, 15) is 9.90 Å². The maximum absolute atomic E-state index is 12.8. The number of nitrogens with zero attached hydrogens (tertiary/aromatic N) is 2. The van der Waals surface area contributed by atoms with Gasteiger partial charge in [-0.05, 0) is 25.3 Å². The maximum Gasteiger partial charge on any atom is 0.247 e. The molecule has 2 N–H and O–H groups in total. The highest BCUT2D eigenvalue weighted by Crippen LogP contribution is 2.26. The molecule has 1 aliphatic rings. The van der Waals surface area contributed by atoms with Crippen LogP contribution in [0, 0.1) is 6.92 Å². The number of anilines is 1. The van der Waals surface area contributed by atoms with E-state index in [2.05, 4.69) is 15.4 Å². The van der Waals surface area contributed by atoms with Crippen molar-refractivity contribution in [1.29, 1.82) is 0 Å². The van der Waals surface area contributed by atoms with E-state index in [0.717, 1.165) is 5.56 Å². The summed E-state index contributed by atoms with van der Waals surface area (Å²) in [5.74, 6) is 0.934. The Labute approximate surface area is 135 Å². The minimum atomic E-state index is -0.402. The van der Waals surface area contributed by atoms with Crippen molar-refractivity contribution in [2.75, 3.05) is 18.4 Å². The smallest absolute Gasteiger partial charge is 0.247 e. The number of hydrogen-bond acceptors (Lipinski definition) is 5. The molecule has 0 bridgehead atoms. The number of carbonyl (C=O) groups is 1. The quantitative estimate of drug-likeness (QED) is 0.903. The Balaban J connectivity index is 1.81. The number of rotatable bonds is 4. The van der Waals surface area contributed by atoms with E-state index >= 15 is 0 Å². The second-order valence-corrected chi connectivity index (χ2v) is 5.89. The van der Waals surface area contributed by atoms with Crippen LogP contribution in [-0.4, -0.2) is 40.3 Å². The number of hydrogen-bond donors (Lipinski definition) is 2. The summed E-state index contributed by atoms with van der Waals surface area (Å²) >= 11 is 0. The Morgan fingerprint density at radius 2 is 2.04 bits per heavy atom. The van der Waals surface area contributed by atoms with Crippen molar-refractivity contribution in [2.24, 2.45) is 0 Å². The lowest BCUT2D eigenvalue weighted by molar-refractivity contribution is -0.122. The van der Waals surface area contributed by atoms with Crippen molar-refractivity contribution in [3.8, 4) is 0 Å². The van der Waals surface area contributed by atoms with E-state index in [1.54, 1.807) is 13.0 Å². The number of aromatic nitrogens is 1. The first-order valence-corrected chi connectivity index (χ1v) is 7.85. The minimum Gasteiger partial charge on any atom is -0.393 e. The molecule has 122 valence electrons. The average Bonchev–Trinajstić information content (AvgIpc) is 2.95. The van der Waals surface area contributed by atoms with E-state index in [4.69, 9.17) is 4.52 Å². The van der Waals surface area contributed by atoms with Gasteiger partial charge in [0.25, 0.3) is 0 Å². The summed E-state index contributed by atoms with van der Waals surface area (Å²) in [6.07, 6.45) is 1.09. The summed E-state index contributed by atoms with van der Waals surface area (Å²) in [7, 11) is 0. The van der Waals surface area contributed by atoms with Gasteiger partial charge in [0.05, 0.1) is 6.10 Å². The monoisotopic (exact) mass is 315 g/mol. The molecule has 1 aromatic heterocycles. The van der Waals surface area contributed by atoms with E-state index in [-0.39, 0.29) is 12.0 Å². The highest BCUT2D eigenvalue weighted by Gasteiger charge is 2.31. The van der Waals surface area contributed by atoms with Crippen molar-refractivity contribution in [3.05, 3.63) is 47.7 Å². The molecule has 1 fully saturated rings. The summed E-state index contributed by atoms with van der Waals surface area (Å²) in [5.41, 5.74) is 0.932. The Hall–Kier alpha value is -2.18. The molecule has 2 aromatic rings. The van der Waals surface area contributed by atoms with Crippen LogP contribution in [0.15, 0.2) is 40.9 Å². The molecule has 0 aliphatic carbocycles. The van der Waals surface area contributed by atoms with Crippen molar-refractivity contribution in [1.82, 2.24) is 10.1 Å². The third-order valence-electron chi connectivity index (χ3n) is 4.11. The number of benzene rings is 1. The number of aliphatic hydroxyl groups is 1. The molecule has 1 aromatic carbocycles. The predicted molar refractivity (Wildman–Crippen MR) is 85.9 cm³/mol. The van der Waals surface area contributed by atoms with Gasteiger partial charge in [0.2, 0.25) is 5.91 Å². The summed E-state index contributed by atoms with van der Waals surface area (Å²) in [4.78, 5) is 14.9. The SMILES string of the molecule is Cc1cc(NC(=O)C(c2ccccc2)N2CCC(O)CC2)no1. The first kappa shape index (κ1) is 15.7. The molecule has 1 aliphatic heterocycles. The highest BCUT2D eigenvalue weighted by molar-refractivity contribution is 5.94. The number of nitrogens with one attached hydrogen (secondary N) is 1. The minimum absolute atomic E-state index is 0.138. The normalized spacial score (nSPS) is 17.8. The average molecular weight is 315 g/mol. The summed E-state index contributed by atoms with van der Waals surface area (Å²) in [6.45, 7) is 3.15. The molecule has 23 heavy (non-hydrogen) atoms. The molecule has 1 amide bonds. The number of aryl methyl sites for hydroxylation is 1. The summed E-state index contributed by atoms with van der Waals surface area (Å²) in [5, 5.41) is 16.4. The van der Waals surface area contributed by atoms with Crippen LogP contribution in [0.3, 0.4) is 0 Å². The number of amides is 1. The Morgan fingerprint density at radius 3 is 2.65 bits per heavy atom. The Bertz CT molecular complexity index is 648. The van der Waals surface area contributed by atoms with Gasteiger partial charge in [0.1, 0.15) is 11.8 Å². The van der Waals surface area contributed by atoms with Crippen LogP contribution in [-0.2, 0) is 4.79 Å². The molecule has 0 saturated carbocycles. The number of aliphatic hydroxyl groups excluding tert-OH is 1. The lowest BCUT2D eigenvalue weighted by atomic mass is 10.00. The fraction of sp³-hybridized carbons (Fsp3) is 0.412. The molecule has 1 atom stereocenters. The topological polar surface area (TPSA) is 78.6 Å². The number of likely N-dealkylation sites (tertiary alicyclic amines) is 1. The Morgan fingerprint density at radius 1 is 1.35 bits per heavy atom. The van der Waals surface area contributed by atoms with Crippen molar-refractivity contribution in [3.63, 3.8) is 0 Å². The summed E-state index contributed by atoms with van der Waals surface area (Å²) < 4.78 is 5.00. The first-order chi connectivity index (χ1) is 11.1. The van der Waals surface area contributed by atoms with Gasteiger partial charge >= 0.3 is 0 Å². The molecule has 0 radical (unpaired) electrons. The van der Waals surface area contributed by atoms with Crippen LogP contribution in [0.5, 0.6) is 0 Å². The number of piperidine rings is 1. The third-order valence-corrected chi connectivity index (χ3v) is 4.11. The third kappa shape index (κ3) is 3.78. The van der Waals surface area contributed by atoms with Crippen LogP contribution < -0.4 is 5.32 Å². The second-order valence-electron chi connectivity index (χ2n) is 5.89. The molecular formula is C17H21N3O3. The Kier molecular flexibility index (Phi) is 4.73. The van der Waals surface area contributed by atoms with E-state index in [1.807, 2.05) is 30.3 Å². The predicted octanol–water partition coefficient (Wildman–Crippen LogP) is 2.12.